The van der Waals surface area contributed by atoms with Gasteiger partial charge in [0.25, 0.3) is 0 Å². The molecule has 0 radical (unpaired) electrons. The molecule has 2 rings (SSSR count). The number of halogens is 1. The predicted octanol–water partition coefficient (Wildman–Crippen LogP) is -0.142. The zero-order valence-electron chi connectivity index (χ0n) is 6.94. The summed E-state index contributed by atoms with van der Waals surface area (Å²) in [6.07, 6.45) is -0.265. The number of carbonyl (C=O) groups is 1. The van der Waals surface area contributed by atoms with Crippen LogP contribution in [0.2, 0.25) is 0 Å². The van der Waals surface area contributed by atoms with Crippen molar-refractivity contribution in [3.8, 4) is 0 Å². The number of fused-ring (bicyclic) bond motifs is 2. The van der Waals surface area contributed by atoms with Crippen molar-refractivity contribution in [2.45, 2.75) is 24.0 Å². The smallest absolute Gasteiger partial charge is 0.307 e. The van der Waals surface area contributed by atoms with Crippen LogP contribution in [0.25, 0.3) is 0 Å². The highest BCUT2D eigenvalue weighted by Gasteiger charge is 2.58. The van der Waals surface area contributed by atoms with Gasteiger partial charge in [0.1, 0.15) is 6.10 Å². The van der Waals surface area contributed by atoms with Crippen molar-refractivity contribution >= 4 is 17.6 Å². The molecule has 1 saturated carbocycles. The number of rotatable bonds is 1. The van der Waals surface area contributed by atoms with Crippen molar-refractivity contribution in [1.82, 2.24) is 0 Å². The van der Waals surface area contributed by atoms with Crippen LogP contribution in [0.15, 0.2) is 0 Å². The number of carbonyl (C=O) groups excluding carboxylic acids is 1. The van der Waals surface area contributed by atoms with E-state index < -0.39 is 11.2 Å². The number of hydrogen-bond donors (Lipinski definition) is 2. The molecule has 2 bridgehead atoms. The van der Waals surface area contributed by atoms with Crippen LogP contribution in [-0.4, -0.2) is 34.0 Å². The molecular weight excluding hydrogens is 196 g/mol. The molecule has 1 aliphatic heterocycles. The Labute approximate surface area is 80.4 Å². The number of aliphatic hydroxyl groups excluding tert-OH is 2. The molecule has 0 aromatic heterocycles. The first-order valence-electron chi connectivity index (χ1n) is 4.26. The minimum absolute atomic E-state index is 0.0428. The van der Waals surface area contributed by atoms with Crippen molar-refractivity contribution in [2.75, 3.05) is 6.61 Å². The highest BCUT2D eigenvalue weighted by atomic mass is 35.5. The van der Waals surface area contributed by atoms with Gasteiger partial charge in [0.2, 0.25) is 5.06 Å². The summed E-state index contributed by atoms with van der Waals surface area (Å²) in [5.74, 6) is -0.760. The highest BCUT2D eigenvalue weighted by molar-refractivity contribution is 6.24. The van der Waals surface area contributed by atoms with E-state index in [2.05, 4.69) is 0 Å². The molecule has 74 valence electrons. The lowest BCUT2D eigenvalue weighted by molar-refractivity contribution is -0.161. The number of ether oxygens (including phenoxy) is 1. The number of hydrogen-bond acceptors (Lipinski definition) is 4. The predicted molar refractivity (Wildman–Crippen MR) is 44.0 cm³/mol. The van der Waals surface area contributed by atoms with Gasteiger partial charge in [-0.2, -0.15) is 0 Å². The van der Waals surface area contributed by atoms with E-state index in [1.165, 1.54) is 0 Å². The Hall–Kier alpha value is -0.320. The van der Waals surface area contributed by atoms with Crippen molar-refractivity contribution < 1.29 is 19.7 Å². The van der Waals surface area contributed by atoms with Crippen molar-refractivity contribution in [1.29, 1.82) is 0 Å². The lowest BCUT2D eigenvalue weighted by Gasteiger charge is -2.28. The minimum atomic E-state index is -1.28. The molecule has 1 heterocycles. The summed E-state index contributed by atoms with van der Waals surface area (Å²) in [6, 6.07) is 0. The maximum Gasteiger partial charge on any atom is 0.307 e. The van der Waals surface area contributed by atoms with Gasteiger partial charge >= 0.3 is 5.97 Å². The van der Waals surface area contributed by atoms with Gasteiger partial charge in [-0.15, -0.1) is 0 Å². The van der Waals surface area contributed by atoms with Crippen molar-refractivity contribution in [2.24, 2.45) is 11.8 Å². The highest BCUT2D eigenvalue weighted by Crippen LogP contribution is 2.49. The number of alkyl halides is 1. The maximum atomic E-state index is 11.0. The molecule has 2 N–H and O–H groups in total. The molecule has 0 spiro atoms. The largest absolute Gasteiger partial charge is 0.440 e. The second-order valence-corrected chi connectivity index (χ2v) is 4.36. The van der Waals surface area contributed by atoms with Gasteiger partial charge < -0.3 is 14.9 Å². The molecule has 13 heavy (non-hydrogen) atoms. The van der Waals surface area contributed by atoms with Crippen molar-refractivity contribution in [3.05, 3.63) is 0 Å². The SMILES string of the molecule is O=C1C[C@@H]2C[C@@](Cl)(O1)[C@@H](O)[C@@H]2CO. The molecule has 0 unspecified atom stereocenters. The van der Waals surface area contributed by atoms with Gasteiger partial charge in [-0.05, 0) is 5.92 Å². The zero-order valence-corrected chi connectivity index (χ0v) is 7.70. The van der Waals surface area contributed by atoms with Crippen LogP contribution in [0.1, 0.15) is 12.8 Å². The summed E-state index contributed by atoms with van der Waals surface area (Å²) in [4.78, 5) is 11.0. The third-order valence-corrected chi connectivity index (χ3v) is 3.37. The first-order valence-corrected chi connectivity index (χ1v) is 4.64. The Morgan fingerprint density at radius 2 is 2.38 bits per heavy atom. The standard InChI is InChI=1S/C8H11ClO4/c9-8-2-4(1-6(11)13-8)5(3-10)7(8)12/h4-5,7,10,12H,1-3H2/t4-,5-,7+,8-/m1/s1. The summed E-state index contributed by atoms with van der Waals surface area (Å²) in [7, 11) is 0. The Morgan fingerprint density at radius 3 is 3.00 bits per heavy atom. The average molecular weight is 207 g/mol. The van der Waals surface area contributed by atoms with Crippen LogP contribution < -0.4 is 0 Å². The summed E-state index contributed by atoms with van der Waals surface area (Å²) < 4.78 is 4.87. The van der Waals surface area contributed by atoms with Gasteiger partial charge in [0.15, 0.2) is 0 Å². The lowest BCUT2D eigenvalue weighted by atomic mass is 9.93. The van der Waals surface area contributed by atoms with Gasteiger partial charge in [0, 0.05) is 25.4 Å². The summed E-state index contributed by atoms with van der Waals surface area (Å²) in [5, 5.41) is 17.4. The van der Waals surface area contributed by atoms with E-state index in [1.807, 2.05) is 0 Å². The fraction of sp³-hybridized carbons (Fsp3) is 0.875. The normalized spacial score (nSPS) is 49.2. The van der Waals surface area contributed by atoms with Crippen LogP contribution >= 0.6 is 11.6 Å². The summed E-state index contributed by atoms with van der Waals surface area (Å²) in [5.41, 5.74) is 0. The molecule has 4 nitrogen and oxygen atoms in total. The van der Waals surface area contributed by atoms with E-state index in [1.54, 1.807) is 0 Å². The first-order chi connectivity index (χ1) is 6.07. The van der Waals surface area contributed by atoms with Gasteiger partial charge in [-0.1, -0.05) is 11.6 Å². The lowest BCUT2D eigenvalue weighted by Crippen LogP contribution is -2.39. The Bertz CT molecular complexity index is 244. The summed E-state index contributed by atoms with van der Waals surface area (Å²) >= 11 is 5.92. The molecule has 1 aliphatic carbocycles. The maximum absolute atomic E-state index is 11.0. The Morgan fingerprint density at radius 1 is 1.69 bits per heavy atom. The minimum Gasteiger partial charge on any atom is -0.440 e. The average Bonchev–Trinajstić information content (AvgIpc) is 2.19. The van der Waals surface area contributed by atoms with Crippen LogP contribution in [0, 0.1) is 11.8 Å². The second-order valence-electron chi connectivity index (χ2n) is 3.72. The van der Waals surface area contributed by atoms with E-state index in [0.717, 1.165) is 0 Å². The van der Waals surface area contributed by atoms with Gasteiger partial charge in [-0.25, -0.2) is 0 Å². The molecule has 0 amide bonds. The fourth-order valence-corrected chi connectivity index (χ4v) is 2.67. The van der Waals surface area contributed by atoms with E-state index in [-0.39, 0.29) is 30.8 Å². The second kappa shape index (κ2) is 2.83. The molecule has 1 saturated heterocycles. The Balaban J connectivity index is 2.27. The monoisotopic (exact) mass is 206 g/mol. The third kappa shape index (κ3) is 1.24. The van der Waals surface area contributed by atoms with Gasteiger partial charge in [0.05, 0.1) is 0 Å². The quantitative estimate of drug-likeness (QED) is 0.463. The van der Waals surface area contributed by atoms with Crippen LogP contribution in [0.5, 0.6) is 0 Å². The molecule has 0 aromatic rings. The molecular formula is C8H11ClO4. The van der Waals surface area contributed by atoms with E-state index in [9.17, 15) is 9.90 Å². The first kappa shape index (κ1) is 9.24. The summed E-state index contributed by atoms with van der Waals surface area (Å²) in [6.45, 7) is -0.156. The van der Waals surface area contributed by atoms with Crippen LogP contribution in [-0.2, 0) is 9.53 Å². The zero-order chi connectivity index (χ0) is 9.64. The fourth-order valence-electron chi connectivity index (χ4n) is 2.23. The molecule has 5 heteroatoms. The number of aliphatic hydroxyl groups is 2. The van der Waals surface area contributed by atoms with E-state index >= 15 is 0 Å². The molecule has 2 aliphatic rings. The van der Waals surface area contributed by atoms with E-state index in [4.69, 9.17) is 21.4 Å². The van der Waals surface area contributed by atoms with Crippen molar-refractivity contribution in [3.63, 3.8) is 0 Å². The molecule has 4 atom stereocenters. The van der Waals surface area contributed by atoms with Gasteiger partial charge in [-0.3, -0.25) is 4.79 Å². The van der Waals surface area contributed by atoms with Crippen LogP contribution in [0.4, 0.5) is 0 Å². The third-order valence-electron chi connectivity index (χ3n) is 2.92. The van der Waals surface area contributed by atoms with E-state index in [0.29, 0.717) is 6.42 Å². The van der Waals surface area contributed by atoms with Crippen LogP contribution in [0.3, 0.4) is 0 Å². The topological polar surface area (TPSA) is 66.8 Å². The Kier molecular flexibility index (Phi) is 2.02. The number of esters is 1. The molecule has 2 fully saturated rings. The molecule has 0 aromatic carbocycles.